The van der Waals surface area contributed by atoms with E-state index in [1.807, 2.05) is 31.5 Å². The molecule has 0 atom stereocenters. The first-order valence-electron chi connectivity index (χ1n) is 10.6. The zero-order chi connectivity index (χ0) is 22.8. The minimum absolute atomic E-state index is 0.0887. The molecule has 8 heteroatoms. The number of aromatic amines is 1. The van der Waals surface area contributed by atoms with Crippen LogP contribution in [0.4, 0.5) is 4.39 Å². The van der Waals surface area contributed by atoms with E-state index in [9.17, 15) is 0 Å². The first-order chi connectivity index (χ1) is 16.1. The molecule has 0 saturated heterocycles. The number of ether oxygens (including phenoxy) is 3. The number of rotatable bonds is 8. The highest BCUT2D eigenvalue weighted by Gasteiger charge is 2.16. The molecule has 0 aliphatic rings. The molecule has 0 aliphatic carbocycles. The largest absolute Gasteiger partial charge is 0.493 e. The van der Waals surface area contributed by atoms with E-state index in [2.05, 4.69) is 19.5 Å². The van der Waals surface area contributed by atoms with Gasteiger partial charge in [-0.3, -0.25) is 0 Å². The summed E-state index contributed by atoms with van der Waals surface area (Å²) >= 11 is 0. The number of halogens is 1. The van der Waals surface area contributed by atoms with E-state index in [-0.39, 0.29) is 11.6 Å². The van der Waals surface area contributed by atoms with Crippen LogP contribution in [-0.2, 0) is 6.54 Å². The van der Waals surface area contributed by atoms with Crippen molar-refractivity contribution in [3.63, 3.8) is 0 Å². The monoisotopic (exact) mass is 446 g/mol. The molecule has 0 aliphatic heterocycles. The predicted octanol–water partition coefficient (Wildman–Crippen LogP) is 5.63. The summed E-state index contributed by atoms with van der Waals surface area (Å²) in [5, 5.41) is 1.07. The Kier molecular flexibility index (Phi) is 5.56. The maximum absolute atomic E-state index is 15.0. The van der Waals surface area contributed by atoms with Crippen LogP contribution in [0.1, 0.15) is 12.1 Å². The number of fused-ring (bicyclic) bond motifs is 2. The van der Waals surface area contributed by atoms with Gasteiger partial charge >= 0.3 is 0 Å². The molecular weight excluding hydrogens is 423 g/mol. The summed E-state index contributed by atoms with van der Waals surface area (Å²) < 4.78 is 34.5. The first kappa shape index (κ1) is 20.8. The lowest BCUT2D eigenvalue weighted by molar-refractivity contribution is 0.283. The van der Waals surface area contributed by atoms with E-state index < -0.39 is 5.82 Å². The van der Waals surface area contributed by atoms with Gasteiger partial charge in [0.05, 0.1) is 24.6 Å². The van der Waals surface area contributed by atoms with Crippen molar-refractivity contribution in [3.8, 4) is 23.1 Å². The second-order valence-corrected chi connectivity index (χ2v) is 7.72. The molecule has 3 aromatic heterocycles. The van der Waals surface area contributed by atoms with Crippen LogP contribution in [0.5, 0.6) is 23.1 Å². The standard InChI is InChI=1S/C25H23FN4O3/c1-16-12-17-19(29-16)6-7-21(24(17)26)33-25-18-13-22(31-2)23(14-20(18)27-15-28-25)32-11-5-10-30-8-3-4-9-30/h3-4,6-9,12-15,29H,5,10-11H2,1-2H3. The van der Waals surface area contributed by atoms with E-state index in [0.717, 1.165) is 18.7 Å². The van der Waals surface area contributed by atoms with E-state index in [1.54, 1.807) is 37.4 Å². The maximum atomic E-state index is 15.0. The van der Waals surface area contributed by atoms with E-state index in [0.29, 0.717) is 39.9 Å². The molecule has 0 unspecified atom stereocenters. The van der Waals surface area contributed by atoms with Crippen molar-refractivity contribution in [2.75, 3.05) is 13.7 Å². The number of hydrogen-bond donors (Lipinski definition) is 1. The summed E-state index contributed by atoms with van der Waals surface area (Å²) in [4.78, 5) is 11.7. The minimum atomic E-state index is -0.446. The van der Waals surface area contributed by atoms with Crippen molar-refractivity contribution in [1.82, 2.24) is 19.5 Å². The molecule has 0 fully saturated rings. The number of nitrogens with zero attached hydrogens (tertiary/aromatic N) is 3. The van der Waals surface area contributed by atoms with E-state index >= 15 is 4.39 Å². The van der Waals surface area contributed by atoms with Crippen LogP contribution >= 0.6 is 0 Å². The van der Waals surface area contributed by atoms with Gasteiger partial charge in [-0.15, -0.1) is 0 Å². The fourth-order valence-electron chi connectivity index (χ4n) is 3.81. The Hall–Kier alpha value is -4.07. The van der Waals surface area contributed by atoms with E-state index in [1.165, 1.54) is 6.33 Å². The molecule has 5 aromatic rings. The van der Waals surface area contributed by atoms with Gasteiger partial charge in [0.25, 0.3) is 0 Å². The summed E-state index contributed by atoms with van der Waals surface area (Å²) in [6.45, 7) is 3.26. The third-order valence-electron chi connectivity index (χ3n) is 5.41. The first-order valence-corrected chi connectivity index (χ1v) is 10.6. The number of hydrogen-bond acceptors (Lipinski definition) is 5. The van der Waals surface area contributed by atoms with Crippen molar-refractivity contribution in [1.29, 1.82) is 0 Å². The smallest absolute Gasteiger partial charge is 0.230 e. The fraction of sp³-hybridized carbons (Fsp3) is 0.200. The summed E-state index contributed by atoms with van der Waals surface area (Å²) in [7, 11) is 1.57. The summed E-state index contributed by atoms with van der Waals surface area (Å²) in [5.41, 5.74) is 2.20. The van der Waals surface area contributed by atoms with Gasteiger partial charge in [0.15, 0.2) is 23.1 Å². The van der Waals surface area contributed by atoms with Gasteiger partial charge in [0.2, 0.25) is 5.88 Å². The van der Waals surface area contributed by atoms with Crippen molar-refractivity contribution < 1.29 is 18.6 Å². The molecule has 0 spiro atoms. The van der Waals surface area contributed by atoms with Gasteiger partial charge < -0.3 is 23.8 Å². The summed E-state index contributed by atoms with van der Waals surface area (Å²) in [5.74, 6) is 0.991. The number of nitrogens with one attached hydrogen (secondary N) is 1. The highest BCUT2D eigenvalue weighted by molar-refractivity contribution is 5.87. The van der Waals surface area contributed by atoms with Crippen molar-refractivity contribution in [2.24, 2.45) is 0 Å². The lowest BCUT2D eigenvalue weighted by atomic mass is 10.2. The third-order valence-corrected chi connectivity index (χ3v) is 5.41. The lowest BCUT2D eigenvalue weighted by Gasteiger charge is -2.14. The molecule has 168 valence electrons. The topological polar surface area (TPSA) is 74.2 Å². The summed E-state index contributed by atoms with van der Waals surface area (Å²) in [6, 6.07) is 12.6. The number of benzene rings is 2. The zero-order valence-electron chi connectivity index (χ0n) is 18.3. The Morgan fingerprint density at radius 2 is 1.85 bits per heavy atom. The van der Waals surface area contributed by atoms with Gasteiger partial charge in [0, 0.05) is 41.6 Å². The normalized spacial score (nSPS) is 11.2. The fourth-order valence-corrected chi connectivity index (χ4v) is 3.81. The molecule has 5 rings (SSSR count). The number of aryl methyl sites for hydroxylation is 2. The Morgan fingerprint density at radius 3 is 2.67 bits per heavy atom. The molecule has 0 saturated carbocycles. The molecule has 33 heavy (non-hydrogen) atoms. The molecule has 1 N–H and O–H groups in total. The maximum Gasteiger partial charge on any atom is 0.230 e. The third kappa shape index (κ3) is 4.19. The average Bonchev–Trinajstić information content (AvgIpc) is 3.47. The van der Waals surface area contributed by atoms with Gasteiger partial charge in [-0.1, -0.05) is 0 Å². The van der Waals surface area contributed by atoms with Crippen LogP contribution in [0, 0.1) is 12.7 Å². The predicted molar refractivity (Wildman–Crippen MR) is 124 cm³/mol. The summed E-state index contributed by atoms with van der Waals surface area (Å²) in [6.07, 6.45) is 6.27. The van der Waals surface area contributed by atoms with Crippen molar-refractivity contribution in [2.45, 2.75) is 19.9 Å². The zero-order valence-corrected chi connectivity index (χ0v) is 18.3. The second kappa shape index (κ2) is 8.82. The van der Waals surface area contributed by atoms with Gasteiger partial charge in [-0.05, 0) is 49.7 Å². The highest BCUT2D eigenvalue weighted by Crippen LogP contribution is 2.37. The molecular formula is C25H23FN4O3. The molecule has 0 amide bonds. The lowest BCUT2D eigenvalue weighted by Crippen LogP contribution is -2.04. The number of methoxy groups -OCH3 is 1. The highest BCUT2D eigenvalue weighted by atomic mass is 19.1. The molecule has 2 aromatic carbocycles. The Morgan fingerprint density at radius 1 is 1.00 bits per heavy atom. The SMILES string of the molecule is COc1cc2c(Oc3ccc4[nH]c(C)cc4c3F)ncnc2cc1OCCCn1cccc1. The van der Waals surface area contributed by atoms with Crippen molar-refractivity contribution in [3.05, 3.63) is 72.7 Å². The quantitative estimate of drug-likeness (QED) is 0.313. The Labute approximate surface area is 189 Å². The van der Waals surface area contributed by atoms with E-state index in [4.69, 9.17) is 14.2 Å². The Bertz CT molecular complexity index is 1410. The van der Waals surface area contributed by atoms with Gasteiger partial charge in [-0.2, -0.15) is 0 Å². The molecule has 7 nitrogen and oxygen atoms in total. The number of H-pyrrole nitrogens is 1. The number of aromatic nitrogens is 4. The molecule has 3 heterocycles. The van der Waals surface area contributed by atoms with Crippen LogP contribution in [0.2, 0.25) is 0 Å². The molecule has 0 bridgehead atoms. The second-order valence-electron chi connectivity index (χ2n) is 7.72. The minimum Gasteiger partial charge on any atom is -0.493 e. The van der Waals surface area contributed by atoms with Crippen LogP contribution in [0.3, 0.4) is 0 Å². The van der Waals surface area contributed by atoms with Crippen LogP contribution in [0.15, 0.2) is 61.2 Å². The van der Waals surface area contributed by atoms with Crippen molar-refractivity contribution >= 4 is 21.8 Å². The van der Waals surface area contributed by atoms with Gasteiger partial charge in [0.1, 0.15) is 6.33 Å². The van der Waals surface area contributed by atoms with Crippen LogP contribution < -0.4 is 14.2 Å². The average molecular weight is 446 g/mol. The Balaban J connectivity index is 1.40. The van der Waals surface area contributed by atoms with Gasteiger partial charge in [-0.25, -0.2) is 14.4 Å². The molecule has 0 radical (unpaired) electrons. The van der Waals surface area contributed by atoms with Crippen LogP contribution in [-0.4, -0.2) is 33.2 Å². The van der Waals surface area contributed by atoms with Crippen LogP contribution in [0.25, 0.3) is 21.8 Å².